The Labute approximate surface area is 157 Å². The molecule has 2 rings (SSSR count). The maximum atomic E-state index is 14.1. The van der Waals surface area contributed by atoms with Crippen LogP contribution in [0, 0.1) is 11.7 Å². The lowest BCUT2D eigenvalue weighted by Gasteiger charge is -2.32. The first-order valence-electron chi connectivity index (χ1n) is 8.12. The molecular formula is C17H23FN4OS2. The molecule has 0 spiro atoms. The van der Waals surface area contributed by atoms with Crippen LogP contribution in [-0.4, -0.2) is 41.2 Å². The van der Waals surface area contributed by atoms with E-state index in [1.165, 1.54) is 11.8 Å². The quantitative estimate of drug-likeness (QED) is 0.365. The number of hydrogen-bond donors (Lipinski definition) is 2. The van der Waals surface area contributed by atoms with Crippen LogP contribution in [-0.2, 0) is 6.42 Å². The smallest absolute Gasteiger partial charge is 0.323 e. The van der Waals surface area contributed by atoms with E-state index in [2.05, 4.69) is 10.3 Å². The van der Waals surface area contributed by atoms with E-state index in [9.17, 15) is 9.18 Å². The van der Waals surface area contributed by atoms with Crippen LogP contribution < -0.4 is 11.1 Å². The summed E-state index contributed by atoms with van der Waals surface area (Å²) in [6, 6.07) is 5.14. The molecule has 0 aromatic heterocycles. The lowest BCUT2D eigenvalue weighted by molar-refractivity contribution is 0.174. The summed E-state index contributed by atoms with van der Waals surface area (Å²) in [5.41, 5.74) is 6.18. The number of carbonyl (C=O) groups is 1. The predicted octanol–water partition coefficient (Wildman–Crippen LogP) is 3.17. The summed E-state index contributed by atoms with van der Waals surface area (Å²) in [4.78, 5) is 18.6. The van der Waals surface area contributed by atoms with E-state index in [4.69, 9.17) is 18.0 Å². The fourth-order valence-corrected chi connectivity index (χ4v) is 3.49. The van der Waals surface area contributed by atoms with Crippen LogP contribution in [0.1, 0.15) is 25.3 Å². The van der Waals surface area contributed by atoms with Crippen molar-refractivity contribution in [3.05, 3.63) is 29.6 Å². The van der Waals surface area contributed by atoms with Crippen molar-refractivity contribution in [3.63, 3.8) is 0 Å². The molecule has 5 nitrogen and oxygen atoms in total. The molecule has 0 radical (unpaired) electrons. The third-order valence-corrected chi connectivity index (χ3v) is 5.08. The van der Waals surface area contributed by atoms with Crippen LogP contribution in [0.3, 0.4) is 0 Å². The first-order chi connectivity index (χ1) is 11.9. The molecule has 0 aliphatic carbocycles. The molecule has 0 atom stereocenters. The lowest BCUT2D eigenvalue weighted by atomic mass is 9.90. The number of nitrogens with zero attached hydrogens (tertiary/aromatic N) is 2. The van der Waals surface area contributed by atoms with Gasteiger partial charge in [0, 0.05) is 18.0 Å². The van der Waals surface area contributed by atoms with Crippen molar-refractivity contribution in [2.45, 2.75) is 31.1 Å². The van der Waals surface area contributed by atoms with Crippen LogP contribution in [0.25, 0.3) is 0 Å². The fraction of sp³-hybridized carbons (Fsp3) is 0.471. The van der Waals surface area contributed by atoms with Gasteiger partial charge in [-0.15, -0.1) is 11.8 Å². The van der Waals surface area contributed by atoms with Crippen molar-refractivity contribution in [2.24, 2.45) is 16.6 Å². The summed E-state index contributed by atoms with van der Waals surface area (Å²) in [5.74, 6) is 0.529. The Morgan fingerprint density at radius 2 is 2.16 bits per heavy atom. The zero-order valence-corrected chi connectivity index (χ0v) is 16.1. The minimum atomic E-state index is -0.260. The van der Waals surface area contributed by atoms with Gasteiger partial charge in [-0.3, -0.25) is 5.32 Å². The van der Waals surface area contributed by atoms with Crippen LogP contribution >= 0.6 is 24.0 Å². The maximum absolute atomic E-state index is 14.1. The molecule has 0 bridgehead atoms. The number of hydrogen-bond acceptors (Lipinski definition) is 3. The molecule has 3 N–H and O–H groups in total. The number of carbonyl (C=O) groups excluding carboxylic acids is 1. The highest BCUT2D eigenvalue weighted by molar-refractivity contribution is 7.98. The van der Waals surface area contributed by atoms with Crippen LogP contribution in [0.4, 0.5) is 9.18 Å². The third kappa shape index (κ3) is 5.97. The van der Waals surface area contributed by atoms with E-state index in [0.29, 0.717) is 31.3 Å². The molecule has 1 fully saturated rings. The lowest BCUT2D eigenvalue weighted by Crippen LogP contribution is -2.46. The maximum Gasteiger partial charge on any atom is 0.323 e. The van der Waals surface area contributed by atoms with Gasteiger partial charge in [-0.25, -0.2) is 14.2 Å². The van der Waals surface area contributed by atoms with E-state index in [1.807, 2.05) is 18.4 Å². The first-order valence-corrected chi connectivity index (χ1v) is 9.75. The molecule has 1 heterocycles. The van der Waals surface area contributed by atoms with Crippen molar-refractivity contribution >= 4 is 41.0 Å². The Morgan fingerprint density at radius 1 is 1.48 bits per heavy atom. The van der Waals surface area contributed by atoms with Gasteiger partial charge in [-0.05, 0) is 68.3 Å². The second kappa shape index (κ2) is 9.15. The summed E-state index contributed by atoms with van der Waals surface area (Å²) in [7, 11) is 0. The zero-order valence-electron chi connectivity index (χ0n) is 14.4. The zero-order chi connectivity index (χ0) is 18.4. The van der Waals surface area contributed by atoms with E-state index < -0.39 is 0 Å². The number of nitrogens with two attached hydrogens (primary N) is 1. The number of thiocarbonyl (C=S) groups is 1. The third-order valence-electron chi connectivity index (χ3n) is 4.16. The number of benzene rings is 1. The molecule has 136 valence electrons. The van der Waals surface area contributed by atoms with Crippen molar-refractivity contribution in [1.82, 2.24) is 10.2 Å². The molecular weight excluding hydrogens is 359 g/mol. The van der Waals surface area contributed by atoms with Gasteiger partial charge in [0.25, 0.3) is 0 Å². The topological polar surface area (TPSA) is 70.7 Å². The highest BCUT2D eigenvalue weighted by atomic mass is 32.2. The normalized spacial score (nSPS) is 16.0. The highest BCUT2D eigenvalue weighted by Gasteiger charge is 2.24. The number of thioether (sulfide) groups is 1. The van der Waals surface area contributed by atoms with E-state index >= 15 is 0 Å². The molecule has 0 saturated carbocycles. The number of halogens is 1. The molecule has 1 saturated heterocycles. The number of likely N-dealkylation sites (tertiary alicyclic amines) is 1. The molecule has 2 amide bonds. The Bertz CT molecular complexity index is 669. The average Bonchev–Trinajstić information content (AvgIpc) is 2.56. The van der Waals surface area contributed by atoms with E-state index in [0.717, 1.165) is 23.3 Å². The SMILES string of the molecule is CSc1ccc(CC2CCN(C(=O)NC(=S)/N=C(/C)N)CC2)c(F)c1. The van der Waals surface area contributed by atoms with Gasteiger partial charge in [0.2, 0.25) is 5.11 Å². The number of amides is 2. The number of urea groups is 1. The standard InChI is InChI=1S/C17H23FN4OS2/c1-11(19)20-16(24)21-17(23)22-7-5-12(6-8-22)9-13-3-4-14(25-2)10-15(13)18/h3-4,10,12H,5-9H2,1-2H3,(H3,19,20,21,23,24). The molecule has 1 aliphatic rings. The minimum Gasteiger partial charge on any atom is -0.387 e. The van der Waals surface area contributed by atoms with Gasteiger partial charge in [0.15, 0.2) is 0 Å². The molecule has 1 aliphatic heterocycles. The van der Waals surface area contributed by atoms with Gasteiger partial charge >= 0.3 is 6.03 Å². The summed E-state index contributed by atoms with van der Waals surface area (Å²) in [6.07, 6.45) is 4.30. The molecule has 1 aromatic carbocycles. The van der Waals surface area contributed by atoms with Crippen molar-refractivity contribution in [2.75, 3.05) is 19.3 Å². The van der Waals surface area contributed by atoms with Gasteiger partial charge in [-0.1, -0.05) is 6.07 Å². The fourth-order valence-electron chi connectivity index (χ4n) is 2.83. The van der Waals surface area contributed by atoms with Crippen LogP contribution in [0.2, 0.25) is 0 Å². The monoisotopic (exact) mass is 382 g/mol. The summed E-state index contributed by atoms with van der Waals surface area (Å²) < 4.78 is 14.1. The van der Waals surface area contributed by atoms with Crippen molar-refractivity contribution < 1.29 is 9.18 Å². The molecule has 0 unspecified atom stereocenters. The predicted molar refractivity (Wildman–Crippen MR) is 105 cm³/mol. The first kappa shape index (κ1) is 19.7. The highest BCUT2D eigenvalue weighted by Crippen LogP contribution is 2.25. The number of piperidine rings is 1. The Hall–Kier alpha value is -1.67. The second-order valence-electron chi connectivity index (χ2n) is 6.08. The Balaban J connectivity index is 1.84. The molecule has 1 aromatic rings. The van der Waals surface area contributed by atoms with E-state index in [1.54, 1.807) is 17.9 Å². The van der Waals surface area contributed by atoms with Crippen molar-refractivity contribution in [1.29, 1.82) is 0 Å². The second-order valence-corrected chi connectivity index (χ2v) is 7.35. The summed E-state index contributed by atoms with van der Waals surface area (Å²) in [5, 5.41) is 2.63. The van der Waals surface area contributed by atoms with Crippen molar-refractivity contribution in [3.8, 4) is 0 Å². The number of aliphatic imine (C=N–C) groups is 1. The minimum absolute atomic E-state index is 0.0723. The molecule has 25 heavy (non-hydrogen) atoms. The van der Waals surface area contributed by atoms with Gasteiger partial charge in [0.1, 0.15) is 5.82 Å². The molecule has 8 heteroatoms. The van der Waals surface area contributed by atoms with Gasteiger partial charge in [0.05, 0.1) is 5.84 Å². The average molecular weight is 383 g/mol. The van der Waals surface area contributed by atoms with Gasteiger partial charge in [-0.2, -0.15) is 0 Å². The number of amidine groups is 1. The van der Waals surface area contributed by atoms with E-state index in [-0.39, 0.29) is 17.0 Å². The largest absolute Gasteiger partial charge is 0.387 e. The summed E-state index contributed by atoms with van der Waals surface area (Å²) >= 11 is 6.48. The van der Waals surface area contributed by atoms with Gasteiger partial charge < -0.3 is 10.6 Å². The number of nitrogens with one attached hydrogen (secondary N) is 1. The summed E-state index contributed by atoms with van der Waals surface area (Å²) in [6.45, 7) is 2.85. The Morgan fingerprint density at radius 3 is 2.72 bits per heavy atom. The Kier molecular flexibility index (Phi) is 7.19. The van der Waals surface area contributed by atoms with Crippen LogP contribution in [0.15, 0.2) is 28.1 Å². The number of rotatable bonds is 3. The van der Waals surface area contributed by atoms with Crippen LogP contribution in [0.5, 0.6) is 0 Å².